The zero-order valence-electron chi connectivity index (χ0n) is 8.97. The van der Waals surface area contributed by atoms with Crippen LogP contribution in [-0.2, 0) is 4.79 Å². The van der Waals surface area contributed by atoms with Crippen LogP contribution in [0.25, 0.3) is 0 Å². The molecule has 0 saturated heterocycles. The molecule has 0 aliphatic heterocycles. The standard InChI is InChI=1S/C10H13N3O3/c1-2-3-4-10(14)12-9-6-5-8(7-11-9)13(15)16/h5-7H,2-4H2,1H3,(H,11,12,14). The summed E-state index contributed by atoms with van der Waals surface area (Å²) in [7, 11) is 0. The van der Waals surface area contributed by atoms with Crippen LogP contribution in [0.3, 0.4) is 0 Å². The van der Waals surface area contributed by atoms with Crippen LogP contribution in [0, 0.1) is 10.1 Å². The van der Waals surface area contributed by atoms with Gasteiger partial charge in [-0.25, -0.2) is 4.98 Å². The van der Waals surface area contributed by atoms with Crippen LogP contribution in [0.1, 0.15) is 26.2 Å². The minimum Gasteiger partial charge on any atom is -0.311 e. The predicted molar refractivity (Wildman–Crippen MR) is 59.0 cm³/mol. The van der Waals surface area contributed by atoms with Crippen molar-refractivity contribution < 1.29 is 9.72 Å². The van der Waals surface area contributed by atoms with Crippen molar-refractivity contribution in [3.63, 3.8) is 0 Å². The Morgan fingerprint density at radius 1 is 1.56 bits per heavy atom. The Bertz CT molecular complexity index is 375. The summed E-state index contributed by atoms with van der Waals surface area (Å²) in [6.07, 6.45) is 3.32. The van der Waals surface area contributed by atoms with Gasteiger partial charge in [-0.2, -0.15) is 0 Å². The van der Waals surface area contributed by atoms with Crippen molar-refractivity contribution in [2.45, 2.75) is 26.2 Å². The molecule has 1 rings (SSSR count). The van der Waals surface area contributed by atoms with Gasteiger partial charge in [0, 0.05) is 12.5 Å². The van der Waals surface area contributed by atoms with Gasteiger partial charge in [-0.1, -0.05) is 13.3 Å². The maximum atomic E-state index is 11.3. The first-order valence-corrected chi connectivity index (χ1v) is 5.03. The summed E-state index contributed by atoms with van der Waals surface area (Å²) in [5, 5.41) is 12.9. The third kappa shape index (κ3) is 3.64. The molecule has 0 saturated carbocycles. The van der Waals surface area contributed by atoms with Crippen molar-refractivity contribution in [2.24, 2.45) is 0 Å². The van der Waals surface area contributed by atoms with Gasteiger partial charge in [0.2, 0.25) is 5.91 Å². The Hall–Kier alpha value is -1.98. The van der Waals surface area contributed by atoms with E-state index in [1.54, 1.807) is 0 Å². The summed E-state index contributed by atoms with van der Waals surface area (Å²) in [4.78, 5) is 24.9. The number of hydrogen-bond donors (Lipinski definition) is 1. The molecule has 0 aliphatic rings. The third-order valence-electron chi connectivity index (χ3n) is 1.98. The maximum absolute atomic E-state index is 11.3. The van der Waals surface area contributed by atoms with E-state index >= 15 is 0 Å². The lowest BCUT2D eigenvalue weighted by Gasteiger charge is -2.02. The van der Waals surface area contributed by atoms with Crippen LogP contribution in [-0.4, -0.2) is 15.8 Å². The molecule has 1 aromatic heterocycles. The van der Waals surface area contributed by atoms with Crippen LogP contribution < -0.4 is 5.32 Å². The van der Waals surface area contributed by atoms with Gasteiger partial charge in [-0.05, 0) is 12.5 Å². The number of pyridine rings is 1. The monoisotopic (exact) mass is 223 g/mol. The number of unbranched alkanes of at least 4 members (excludes halogenated alkanes) is 1. The van der Waals surface area contributed by atoms with Gasteiger partial charge in [0.05, 0.1) is 4.92 Å². The maximum Gasteiger partial charge on any atom is 0.287 e. The van der Waals surface area contributed by atoms with Crippen LogP contribution >= 0.6 is 0 Å². The minimum atomic E-state index is -0.532. The van der Waals surface area contributed by atoms with Gasteiger partial charge in [0.25, 0.3) is 5.69 Å². The van der Waals surface area contributed by atoms with Crippen LogP contribution in [0.2, 0.25) is 0 Å². The zero-order chi connectivity index (χ0) is 12.0. The van der Waals surface area contributed by atoms with Crippen molar-refractivity contribution in [3.8, 4) is 0 Å². The highest BCUT2D eigenvalue weighted by atomic mass is 16.6. The highest BCUT2D eigenvalue weighted by Gasteiger charge is 2.07. The van der Waals surface area contributed by atoms with Crippen LogP contribution in [0.4, 0.5) is 11.5 Å². The minimum absolute atomic E-state index is 0.0912. The van der Waals surface area contributed by atoms with Crippen molar-refractivity contribution in [3.05, 3.63) is 28.4 Å². The van der Waals surface area contributed by atoms with Gasteiger partial charge in [-0.15, -0.1) is 0 Å². The molecule has 6 heteroatoms. The number of carbonyl (C=O) groups is 1. The van der Waals surface area contributed by atoms with E-state index in [1.807, 2.05) is 6.92 Å². The first kappa shape index (κ1) is 12.1. The summed E-state index contributed by atoms with van der Waals surface area (Å²) in [5.41, 5.74) is -0.0912. The quantitative estimate of drug-likeness (QED) is 0.612. The fourth-order valence-electron chi connectivity index (χ4n) is 1.11. The second-order valence-corrected chi connectivity index (χ2v) is 3.31. The fourth-order valence-corrected chi connectivity index (χ4v) is 1.11. The molecule has 6 nitrogen and oxygen atoms in total. The molecule has 1 N–H and O–H groups in total. The Morgan fingerprint density at radius 2 is 2.31 bits per heavy atom. The lowest BCUT2D eigenvalue weighted by Crippen LogP contribution is -2.11. The molecule has 0 fully saturated rings. The average molecular weight is 223 g/mol. The smallest absolute Gasteiger partial charge is 0.287 e. The first-order valence-electron chi connectivity index (χ1n) is 5.03. The van der Waals surface area contributed by atoms with Gasteiger partial charge < -0.3 is 5.32 Å². The van der Waals surface area contributed by atoms with E-state index in [0.29, 0.717) is 12.2 Å². The van der Waals surface area contributed by atoms with Gasteiger partial charge in [0.1, 0.15) is 12.0 Å². The molecule has 0 atom stereocenters. The summed E-state index contributed by atoms with van der Waals surface area (Å²) in [5.74, 6) is 0.218. The molecule has 86 valence electrons. The van der Waals surface area contributed by atoms with Crippen molar-refractivity contribution in [1.29, 1.82) is 0 Å². The molecule has 0 aliphatic carbocycles. The predicted octanol–water partition coefficient (Wildman–Crippen LogP) is 2.12. The SMILES string of the molecule is CCCCC(=O)Nc1ccc([N+](=O)[O-])cn1. The second kappa shape index (κ2) is 5.79. The number of anilines is 1. The summed E-state index contributed by atoms with van der Waals surface area (Å²) < 4.78 is 0. The zero-order valence-corrected chi connectivity index (χ0v) is 8.97. The molecular formula is C10H13N3O3. The van der Waals surface area contributed by atoms with E-state index in [1.165, 1.54) is 12.1 Å². The molecular weight excluding hydrogens is 210 g/mol. The number of hydrogen-bond acceptors (Lipinski definition) is 4. The van der Waals surface area contributed by atoms with Gasteiger partial charge >= 0.3 is 0 Å². The summed E-state index contributed by atoms with van der Waals surface area (Å²) in [6, 6.07) is 2.73. The fraction of sp³-hybridized carbons (Fsp3) is 0.400. The highest BCUT2D eigenvalue weighted by Crippen LogP contribution is 2.12. The van der Waals surface area contributed by atoms with Crippen molar-refractivity contribution in [2.75, 3.05) is 5.32 Å². The van der Waals surface area contributed by atoms with E-state index < -0.39 is 4.92 Å². The molecule has 0 unspecified atom stereocenters. The lowest BCUT2D eigenvalue weighted by atomic mass is 10.2. The number of carbonyl (C=O) groups excluding carboxylic acids is 1. The Morgan fingerprint density at radius 3 is 2.81 bits per heavy atom. The van der Waals surface area contributed by atoms with Gasteiger partial charge in [-0.3, -0.25) is 14.9 Å². The molecule has 0 radical (unpaired) electrons. The summed E-state index contributed by atoms with van der Waals surface area (Å²) in [6.45, 7) is 2.00. The topological polar surface area (TPSA) is 85.1 Å². The second-order valence-electron chi connectivity index (χ2n) is 3.31. The first-order chi connectivity index (χ1) is 7.63. The van der Waals surface area contributed by atoms with Crippen LogP contribution in [0.15, 0.2) is 18.3 Å². The van der Waals surface area contributed by atoms with E-state index in [-0.39, 0.29) is 11.6 Å². The van der Waals surface area contributed by atoms with Gasteiger partial charge in [0.15, 0.2) is 0 Å². The average Bonchev–Trinajstić information content (AvgIpc) is 2.27. The van der Waals surface area contributed by atoms with E-state index in [9.17, 15) is 14.9 Å². The van der Waals surface area contributed by atoms with E-state index in [0.717, 1.165) is 19.0 Å². The largest absolute Gasteiger partial charge is 0.311 e. The Kier molecular flexibility index (Phi) is 4.38. The molecule has 16 heavy (non-hydrogen) atoms. The molecule has 1 heterocycles. The van der Waals surface area contributed by atoms with Crippen LogP contribution in [0.5, 0.6) is 0 Å². The Labute approximate surface area is 92.8 Å². The summed E-state index contributed by atoms with van der Waals surface area (Å²) >= 11 is 0. The molecule has 1 amide bonds. The van der Waals surface area contributed by atoms with Crippen molar-refractivity contribution >= 4 is 17.4 Å². The van der Waals surface area contributed by atoms with E-state index in [2.05, 4.69) is 10.3 Å². The molecule has 0 spiro atoms. The Balaban J connectivity index is 2.55. The van der Waals surface area contributed by atoms with E-state index in [4.69, 9.17) is 0 Å². The number of rotatable bonds is 5. The highest BCUT2D eigenvalue weighted by molar-refractivity contribution is 5.89. The number of nitro groups is 1. The van der Waals surface area contributed by atoms with Crippen molar-refractivity contribution in [1.82, 2.24) is 4.98 Å². The normalized spacial score (nSPS) is 9.81. The molecule has 0 aromatic carbocycles. The number of nitrogens with one attached hydrogen (secondary N) is 1. The molecule has 0 bridgehead atoms. The lowest BCUT2D eigenvalue weighted by molar-refractivity contribution is -0.385. The number of amides is 1. The molecule has 1 aromatic rings. The third-order valence-corrected chi connectivity index (χ3v) is 1.98. The number of nitrogens with zero attached hydrogens (tertiary/aromatic N) is 2. The number of aromatic nitrogens is 1.